The minimum atomic E-state index is -0.144. The molecule has 0 amide bonds. The normalized spacial score (nSPS) is 22.3. The van der Waals surface area contributed by atoms with Crippen LogP contribution < -0.4 is 0 Å². The second-order valence-corrected chi connectivity index (χ2v) is 3.07. The Bertz CT molecular complexity index is 398. The van der Waals surface area contributed by atoms with Gasteiger partial charge in [-0.3, -0.25) is 4.99 Å². The van der Waals surface area contributed by atoms with Gasteiger partial charge < -0.3 is 11.7 Å². The Morgan fingerprint density at radius 1 is 1.67 bits per heavy atom. The van der Waals surface area contributed by atoms with Gasteiger partial charge in [0.15, 0.2) is 0 Å². The van der Waals surface area contributed by atoms with Crippen LogP contribution in [0, 0.1) is 44.1 Å². The average Bonchev–Trinajstić information content (AvgIpc) is 2.20. The van der Waals surface area contributed by atoms with Gasteiger partial charge in [-0.2, -0.15) is 0 Å². The van der Waals surface area contributed by atoms with Gasteiger partial charge >= 0.3 is 31.1 Å². The first-order valence-electron chi connectivity index (χ1n) is 4.53. The Hall–Kier alpha value is -0.318. The van der Waals surface area contributed by atoms with Crippen LogP contribution in [0.15, 0.2) is 40.2 Å². The molecular weight excluding hydrogens is 412 g/mol. The van der Waals surface area contributed by atoms with E-state index in [-0.39, 0.29) is 37.2 Å². The molecule has 0 aromatic heterocycles. The third kappa shape index (κ3) is 2.62. The number of ether oxygens (including phenoxy) is 1. The summed E-state index contributed by atoms with van der Waals surface area (Å²) in [6.07, 6.45) is 8.48. The van der Waals surface area contributed by atoms with Crippen LogP contribution in [0.4, 0.5) is 0 Å². The number of hydrogen-bond acceptors (Lipinski definition) is 2. The predicted octanol–water partition coefficient (Wildman–Crippen LogP) is 2.02. The van der Waals surface area contributed by atoms with E-state index in [1.165, 1.54) is 0 Å². The Labute approximate surface area is 114 Å². The van der Waals surface area contributed by atoms with E-state index in [1.54, 1.807) is 6.20 Å². The number of aliphatic imine (C=N–C) groups is 1. The molecular formula is C12H11NOU. The monoisotopic (exact) mass is 423 g/mol. The summed E-state index contributed by atoms with van der Waals surface area (Å²) in [6, 6.07) is 0. The Balaban J connectivity index is 0.00000112. The molecule has 2 rings (SSSR count). The van der Waals surface area contributed by atoms with Gasteiger partial charge in [-0.15, -0.1) is 0 Å². The number of nitrogens with zero attached hydrogens (tertiary/aromatic N) is 1. The Kier molecular flexibility index (Phi) is 4.83. The third-order valence-electron chi connectivity index (χ3n) is 2.20. The van der Waals surface area contributed by atoms with Crippen LogP contribution in [0.3, 0.4) is 0 Å². The molecule has 2 nitrogen and oxygen atoms in total. The second kappa shape index (κ2) is 5.68. The second-order valence-electron chi connectivity index (χ2n) is 3.07. The van der Waals surface area contributed by atoms with Crippen molar-refractivity contribution >= 4 is 5.71 Å². The molecule has 0 saturated heterocycles. The minimum absolute atomic E-state index is 0. The third-order valence-corrected chi connectivity index (χ3v) is 2.20. The van der Waals surface area contributed by atoms with E-state index >= 15 is 0 Å². The Morgan fingerprint density at radius 3 is 3.20 bits per heavy atom. The SMILES string of the molecule is [CH2-]COC1[C-]=CC=C2C1=C=CN=C2C.[U+2]. The zero-order valence-corrected chi connectivity index (χ0v) is 12.7. The maximum absolute atomic E-state index is 5.43. The number of allylic oxidation sites excluding steroid dienone is 2. The standard InChI is InChI=1S/C12H11NO.U/c1-3-14-12-6-4-5-10-9(2)13-8-7-11(10)12;/h4-5,8,12H,1,3H2,2H3;/q-2;+2. The summed E-state index contributed by atoms with van der Waals surface area (Å²) in [5.74, 6) is 0. The summed E-state index contributed by atoms with van der Waals surface area (Å²) in [6.45, 7) is 6.07. The summed E-state index contributed by atoms with van der Waals surface area (Å²) < 4.78 is 5.43. The van der Waals surface area contributed by atoms with E-state index in [2.05, 4.69) is 23.7 Å². The first-order valence-corrected chi connectivity index (χ1v) is 4.53. The summed E-state index contributed by atoms with van der Waals surface area (Å²) >= 11 is 0. The van der Waals surface area contributed by atoms with Crippen LogP contribution in [0.5, 0.6) is 0 Å². The fraction of sp³-hybridized carbons (Fsp3) is 0.250. The maximum Gasteiger partial charge on any atom is 2.00 e. The van der Waals surface area contributed by atoms with Crippen molar-refractivity contribution < 1.29 is 35.9 Å². The molecule has 0 spiro atoms. The zero-order valence-electron chi connectivity index (χ0n) is 8.58. The van der Waals surface area contributed by atoms with Crippen molar-refractivity contribution in [1.29, 1.82) is 0 Å². The van der Waals surface area contributed by atoms with E-state index in [9.17, 15) is 0 Å². The number of fused-ring (bicyclic) bond motifs is 1. The topological polar surface area (TPSA) is 21.6 Å². The van der Waals surface area contributed by atoms with Gasteiger partial charge in [0.2, 0.25) is 0 Å². The van der Waals surface area contributed by atoms with Gasteiger partial charge in [0.05, 0.1) is 6.20 Å². The molecule has 1 aliphatic carbocycles. The fourth-order valence-electron chi connectivity index (χ4n) is 1.52. The first-order chi connectivity index (χ1) is 6.83. The molecule has 0 aromatic carbocycles. The first kappa shape index (κ1) is 12.8. The van der Waals surface area contributed by atoms with Gasteiger partial charge in [0.25, 0.3) is 0 Å². The molecule has 0 fully saturated rings. The van der Waals surface area contributed by atoms with Gasteiger partial charge in [-0.05, 0) is 6.92 Å². The molecule has 15 heavy (non-hydrogen) atoms. The molecule has 0 N–H and O–H groups in total. The molecule has 3 heteroatoms. The molecule has 0 saturated carbocycles. The summed E-state index contributed by atoms with van der Waals surface area (Å²) in [7, 11) is 0. The molecule has 0 radical (unpaired) electrons. The van der Waals surface area contributed by atoms with E-state index in [4.69, 9.17) is 4.74 Å². The average molecular weight is 423 g/mol. The molecule has 0 bridgehead atoms. The van der Waals surface area contributed by atoms with Crippen molar-refractivity contribution in [2.45, 2.75) is 13.0 Å². The van der Waals surface area contributed by atoms with Gasteiger partial charge in [0.1, 0.15) is 0 Å². The van der Waals surface area contributed by atoms with Crippen LogP contribution >= 0.6 is 0 Å². The van der Waals surface area contributed by atoms with Crippen LogP contribution in [0.1, 0.15) is 6.92 Å². The van der Waals surface area contributed by atoms with Crippen molar-refractivity contribution in [3.05, 3.63) is 48.2 Å². The fourth-order valence-corrected chi connectivity index (χ4v) is 1.52. The van der Waals surface area contributed by atoms with E-state index in [0.717, 1.165) is 16.9 Å². The smallest absolute Gasteiger partial charge is 0.420 e. The Morgan fingerprint density at radius 2 is 2.47 bits per heavy atom. The van der Waals surface area contributed by atoms with Crippen molar-refractivity contribution in [3.8, 4) is 0 Å². The van der Waals surface area contributed by atoms with Gasteiger partial charge in [-0.1, -0.05) is 17.9 Å². The van der Waals surface area contributed by atoms with Crippen LogP contribution in [-0.4, -0.2) is 18.4 Å². The van der Waals surface area contributed by atoms with Crippen LogP contribution in [-0.2, 0) is 4.74 Å². The summed E-state index contributed by atoms with van der Waals surface area (Å²) in [5.41, 5.74) is 6.17. The van der Waals surface area contributed by atoms with E-state index < -0.39 is 0 Å². The molecule has 1 aliphatic heterocycles. The largest absolute Gasteiger partial charge is 2.00 e. The molecule has 1 unspecified atom stereocenters. The van der Waals surface area contributed by atoms with E-state index in [0.29, 0.717) is 6.61 Å². The van der Waals surface area contributed by atoms with Crippen molar-refractivity contribution in [3.63, 3.8) is 0 Å². The van der Waals surface area contributed by atoms with Gasteiger partial charge in [0, 0.05) is 17.4 Å². The van der Waals surface area contributed by atoms with Crippen LogP contribution in [0.25, 0.3) is 0 Å². The molecule has 1 heterocycles. The molecule has 1 atom stereocenters. The van der Waals surface area contributed by atoms with Crippen LogP contribution in [0.2, 0.25) is 0 Å². The van der Waals surface area contributed by atoms with Gasteiger partial charge in [-0.25, -0.2) is 18.2 Å². The zero-order chi connectivity index (χ0) is 9.97. The summed E-state index contributed by atoms with van der Waals surface area (Å²) in [5, 5.41) is 0. The van der Waals surface area contributed by atoms with Crippen molar-refractivity contribution in [1.82, 2.24) is 0 Å². The van der Waals surface area contributed by atoms with Crippen molar-refractivity contribution in [2.24, 2.45) is 4.99 Å². The number of hydrogen-bond donors (Lipinski definition) is 0. The summed E-state index contributed by atoms with van der Waals surface area (Å²) in [4.78, 5) is 4.18. The molecule has 0 aromatic rings. The van der Waals surface area contributed by atoms with E-state index in [1.807, 2.05) is 19.1 Å². The molecule has 2 aliphatic rings. The molecule has 74 valence electrons. The van der Waals surface area contributed by atoms with Crippen molar-refractivity contribution in [2.75, 3.05) is 6.61 Å². The number of rotatable bonds is 2. The minimum Gasteiger partial charge on any atom is -0.420 e. The quantitative estimate of drug-likeness (QED) is 0.492. The predicted molar refractivity (Wildman–Crippen MR) is 55.7 cm³/mol. The maximum atomic E-state index is 5.43.